The Labute approximate surface area is 135 Å². The van der Waals surface area contributed by atoms with Crippen molar-refractivity contribution in [2.45, 2.75) is 20.3 Å². The minimum Gasteiger partial charge on any atom is -0.494 e. The van der Waals surface area contributed by atoms with Crippen LogP contribution in [0.25, 0.3) is 0 Å². The molecule has 2 aromatic rings. The molecule has 0 bridgehead atoms. The van der Waals surface area contributed by atoms with E-state index in [0.717, 1.165) is 11.1 Å². The van der Waals surface area contributed by atoms with Crippen molar-refractivity contribution in [1.82, 2.24) is 10.9 Å². The summed E-state index contributed by atoms with van der Waals surface area (Å²) in [7, 11) is 0. The van der Waals surface area contributed by atoms with Gasteiger partial charge in [-0.2, -0.15) is 0 Å². The molecule has 0 unspecified atom stereocenters. The normalized spacial score (nSPS) is 10.0. The van der Waals surface area contributed by atoms with Crippen LogP contribution in [0.15, 0.2) is 48.5 Å². The summed E-state index contributed by atoms with van der Waals surface area (Å²) >= 11 is 0. The molecule has 2 N–H and O–H groups in total. The Morgan fingerprint density at radius 2 is 1.61 bits per heavy atom. The molecule has 5 nitrogen and oxygen atoms in total. The van der Waals surface area contributed by atoms with E-state index in [4.69, 9.17) is 4.74 Å². The summed E-state index contributed by atoms with van der Waals surface area (Å²) in [6, 6.07) is 14.4. The first-order chi connectivity index (χ1) is 11.1. The van der Waals surface area contributed by atoms with E-state index in [2.05, 4.69) is 10.9 Å². The molecule has 0 aliphatic carbocycles. The van der Waals surface area contributed by atoms with Crippen molar-refractivity contribution in [1.29, 1.82) is 0 Å². The monoisotopic (exact) mass is 312 g/mol. The van der Waals surface area contributed by atoms with Crippen LogP contribution < -0.4 is 15.6 Å². The fourth-order valence-corrected chi connectivity index (χ4v) is 2.00. The van der Waals surface area contributed by atoms with Crippen molar-refractivity contribution in [3.05, 3.63) is 65.2 Å². The Bertz CT molecular complexity index is 664. The van der Waals surface area contributed by atoms with Gasteiger partial charge >= 0.3 is 0 Å². The van der Waals surface area contributed by atoms with E-state index in [-0.39, 0.29) is 18.2 Å². The maximum Gasteiger partial charge on any atom is 0.269 e. The molecule has 0 atom stereocenters. The quantitative estimate of drug-likeness (QED) is 0.833. The number of rotatable bonds is 5. The summed E-state index contributed by atoms with van der Waals surface area (Å²) < 4.78 is 5.31. The van der Waals surface area contributed by atoms with Gasteiger partial charge in [0.25, 0.3) is 5.91 Å². The van der Waals surface area contributed by atoms with Crippen LogP contribution in [0.5, 0.6) is 5.75 Å². The highest BCUT2D eigenvalue weighted by molar-refractivity contribution is 5.95. The number of hydrazine groups is 1. The number of ether oxygens (including phenoxy) is 1. The topological polar surface area (TPSA) is 67.4 Å². The van der Waals surface area contributed by atoms with E-state index in [1.165, 1.54) is 0 Å². The molecule has 0 aromatic heterocycles. The third-order valence-corrected chi connectivity index (χ3v) is 3.23. The minimum atomic E-state index is -0.370. The summed E-state index contributed by atoms with van der Waals surface area (Å²) in [6.45, 7) is 4.45. The molecule has 0 saturated carbocycles. The molecule has 2 rings (SSSR count). The predicted octanol–water partition coefficient (Wildman–Crippen LogP) is 2.40. The van der Waals surface area contributed by atoms with Gasteiger partial charge in [0.1, 0.15) is 5.75 Å². The number of carbonyl (C=O) groups excluding carboxylic acids is 2. The van der Waals surface area contributed by atoms with Crippen LogP contribution in [0.2, 0.25) is 0 Å². The number of hydrogen-bond donors (Lipinski definition) is 2. The van der Waals surface area contributed by atoms with E-state index in [1.54, 1.807) is 24.3 Å². The summed E-state index contributed by atoms with van der Waals surface area (Å²) in [6.07, 6.45) is 0.212. The predicted molar refractivity (Wildman–Crippen MR) is 88.1 cm³/mol. The van der Waals surface area contributed by atoms with Gasteiger partial charge in [0.05, 0.1) is 13.0 Å². The summed E-state index contributed by atoms with van der Waals surface area (Å²) in [5.41, 5.74) is 7.29. The van der Waals surface area contributed by atoms with Crippen molar-refractivity contribution in [2.75, 3.05) is 6.61 Å². The molecule has 120 valence electrons. The second-order valence-electron chi connectivity index (χ2n) is 5.12. The smallest absolute Gasteiger partial charge is 0.269 e. The Morgan fingerprint density at radius 3 is 2.22 bits per heavy atom. The second kappa shape index (κ2) is 7.98. The van der Waals surface area contributed by atoms with Crippen LogP contribution >= 0.6 is 0 Å². The van der Waals surface area contributed by atoms with E-state index < -0.39 is 0 Å². The lowest BCUT2D eigenvalue weighted by Gasteiger charge is -2.08. The second-order valence-corrected chi connectivity index (χ2v) is 5.12. The molecule has 0 heterocycles. The Hall–Kier alpha value is -2.82. The van der Waals surface area contributed by atoms with Gasteiger partial charge in [-0.3, -0.25) is 20.4 Å². The van der Waals surface area contributed by atoms with E-state index in [1.807, 2.05) is 38.1 Å². The van der Waals surface area contributed by atoms with Crippen molar-refractivity contribution < 1.29 is 14.3 Å². The van der Waals surface area contributed by atoms with Crippen LogP contribution in [0.3, 0.4) is 0 Å². The molecule has 0 fully saturated rings. The lowest BCUT2D eigenvalue weighted by Crippen LogP contribution is -2.42. The van der Waals surface area contributed by atoms with Gasteiger partial charge in [-0.05, 0) is 43.7 Å². The Kier molecular flexibility index (Phi) is 5.74. The standard InChI is InChI=1S/C18H20N2O3/c1-3-23-16-10-8-15(9-11-16)18(22)20-19-17(21)12-14-6-4-13(2)5-7-14/h4-11H,3,12H2,1-2H3,(H,19,21)(H,20,22). The molecule has 0 spiro atoms. The van der Waals surface area contributed by atoms with E-state index in [0.29, 0.717) is 17.9 Å². The minimum absolute atomic E-state index is 0.212. The largest absolute Gasteiger partial charge is 0.494 e. The molecule has 2 amide bonds. The number of hydrogen-bond acceptors (Lipinski definition) is 3. The summed E-state index contributed by atoms with van der Waals surface area (Å²) in [4.78, 5) is 23.8. The number of benzene rings is 2. The van der Waals surface area contributed by atoms with Crippen LogP contribution in [0.1, 0.15) is 28.4 Å². The number of nitrogens with one attached hydrogen (secondary N) is 2. The maximum atomic E-state index is 11.9. The van der Waals surface area contributed by atoms with Gasteiger partial charge in [-0.15, -0.1) is 0 Å². The molecule has 0 saturated heterocycles. The van der Waals surface area contributed by atoms with Gasteiger partial charge in [0, 0.05) is 5.56 Å². The van der Waals surface area contributed by atoms with Gasteiger partial charge in [0.15, 0.2) is 0 Å². The molecule has 23 heavy (non-hydrogen) atoms. The maximum absolute atomic E-state index is 11.9. The number of amides is 2. The molecule has 0 aliphatic heterocycles. The fraction of sp³-hybridized carbons (Fsp3) is 0.222. The highest BCUT2D eigenvalue weighted by Gasteiger charge is 2.08. The van der Waals surface area contributed by atoms with Crippen LogP contribution in [-0.2, 0) is 11.2 Å². The van der Waals surface area contributed by atoms with E-state index in [9.17, 15) is 9.59 Å². The summed E-state index contributed by atoms with van der Waals surface area (Å²) in [5.74, 6) is 0.0610. The highest BCUT2D eigenvalue weighted by atomic mass is 16.5. The third-order valence-electron chi connectivity index (χ3n) is 3.23. The van der Waals surface area contributed by atoms with Gasteiger partial charge in [-0.25, -0.2) is 0 Å². The van der Waals surface area contributed by atoms with Gasteiger partial charge in [-0.1, -0.05) is 29.8 Å². The average molecular weight is 312 g/mol. The van der Waals surface area contributed by atoms with Crippen molar-refractivity contribution in [2.24, 2.45) is 0 Å². The van der Waals surface area contributed by atoms with Crippen molar-refractivity contribution >= 4 is 11.8 Å². The number of aryl methyl sites for hydroxylation is 1. The van der Waals surface area contributed by atoms with Crippen LogP contribution in [0.4, 0.5) is 0 Å². The lowest BCUT2D eigenvalue weighted by atomic mass is 10.1. The number of carbonyl (C=O) groups is 2. The fourth-order valence-electron chi connectivity index (χ4n) is 2.00. The molecular weight excluding hydrogens is 292 g/mol. The summed E-state index contributed by atoms with van der Waals surface area (Å²) in [5, 5.41) is 0. The van der Waals surface area contributed by atoms with Gasteiger partial charge < -0.3 is 4.74 Å². The SMILES string of the molecule is CCOc1ccc(C(=O)NNC(=O)Cc2ccc(C)cc2)cc1. The highest BCUT2D eigenvalue weighted by Crippen LogP contribution is 2.11. The van der Waals surface area contributed by atoms with Gasteiger partial charge in [0.2, 0.25) is 5.91 Å². The third kappa shape index (κ3) is 5.14. The van der Waals surface area contributed by atoms with Crippen LogP contribution in [0, 0.1) is 6.92 Å². The Balaban J connectivity index is 1.83. The molecule has 5 heteroatoms. The zero-order valence-electron chi connectivity index (χ0n) is 13.3. The first-order valence-electron chi connectivity index (χ1n) is 7.46. The molecule has 2 aromatic carbocycles. The van der Waals surface area contributed by atoms with Crippen molar-refractivity contribution in [3.8, 4) is 5.75 Å². The van der Waals surface area contributed by atoms with Crippen molar-refractivity contribution in [3.63, 3.8) is 0 Å². The first-order valence-corrected chi connectivity index (χ1v) is 7.46. The molecular formula is C18H20N2O3. The molecule has 0 aliphatic rings. The zero-order valence-corrected chi connectivity index (χ0v) is 13.3. The lowest BCUT2D eigenvalue weighted by molar-refractivity contribution is -0.121. The van der Waals surface area contributed by atoms with Crippen LogP contribution in [-0.4, -0.2) is 18.4 Å². The molecule has 0 radical (unpaired) electrons. The van der Waals surface area contributed by atoms with E-state index >= 15 is 0 Å². The first kappa shape index (κ1) is 16.5. The Morgan fingerprint density at radius 1 is 0.957 bits per heavy atom. The zero-order chi connectivity index (χ0) is 16.7. The average Bonchev–Trinajstić information content (AvgIpc) is 2.56.